The molecule has 0 spiro atoms. The molecule has 0 radical (unpaired) electrons. The first-order chi connectivity index (χ1) is 20.4. The van der Waals surface area contributed by atoms with Gasteiger partial charge in [-0.1, -0.05) is 0 Å². The number of nitrogens with one attached hydrogen (secondary N) is 5. The Labute approximate surface area is 246 Å². The summed E-state index contributed by atoms with van der Waals surface area (Å²) in [6, 6.07) is -0.248. The van der Waals surface area contributed by atoms with Gasteiger partial charge in [0.2, 0.25) is 29.4 Å². The summed E-state index contributed by atoms with van der Waals surface area (Å²) in [4.78, 5) is 46.2. The predicted octanol–water partition coefficient (Wildman–Crippen LogP) is -0.391. The zero-order chi connectivity index (χ0) is 33.5. The molecule has 1 unspecified atom stereocenters. The second-order valence-corrected chi connectivity index (χ2v) is 10.5. The standard InChI is InChI=1S/C24H26F5N5O9S/c1-9(36)21(33-15(38)7-30-23(39)13(8-35)31-10(2)37)24(40)32-12-6-11(4-5-14(12)43-3)34-44(41,42)22-19(28)17(26)16(25)18(27)20(22)29/h4-6,9,13,21,34-36H,7-8H2,1-3H3,(H,30,39)(H,31,37)(H,32,40)(H,33,38)/t9?,13-,21-/m0/s1. The van der Waals surface area contributed by atoms with E-state index >= 15 is 0 Å². The fourth-order valence-electron chi connectivity index (χ4n) is 3.47. The molecule has 20 heteroatoms. The molecule has 2 rings (SSSR count). The Morgan fingerprint density at radius 2 is 1.50 bits per heavy atom. The molecule has 2 aromatic carbocycles. The minimum atomic E-state index is -5.45. The quantitative estimate of drug-likeness (QED) is 0.0850. The zero-order valence-electron chi connectivity index (χ0n) is 22.9. The van der Waals surface area contributed by atoms with Gasteiger partial charge in [0.1, 0.15) is 17.8 Å². The highest BCUT2D eigenvalue weighted by Crippen LogP contribution is 2.32. The molecule has 0 aromatic heterocycles. The van der Waals surface area contributed by atoms with E-state index in [4.69, 9.17) is 4.74 Å². The van der Waals surface area contributed by atoms with Crippen molar-refractivity contribution in [2.75, 3.05) is 30.3 Å². The number of sulfonamides is 1. The second kappa shape index (κ2) is 14.8. The monoisotopic (exact) mass is 655 g/mol. The predicted molar refractivity (Wildman–Crippen MR) is 140 cm³/mol. The molecule has 14 nitrogen and oxygen atoms in total. The Morgan fingerprint density at radius 3 is 2.00 bits per heavy atom. The summed E-state index contributed by atoms with van der Waals surface area (Å²) >= 11 is 0. The molecular formula is C24H26F5N5O9S. The lowest BCUT2D eigenvalue weighted by Crippen LogP contribution is -2.54. The summed E-state index contributed by atoms with van der Waals surface area (Å²) in [6.07, 6.45) is -1.57. The minimum absolute atomic E-state index is 0.145. The lowest BCUT2D eigenvalue weighted by molar-refractivity contribution is -0.132. The van der Waals surface area contributed by atoms with Crippen LogP contribution >= 0.6 is 0 Å². The number of hydrogen-bond acceptors (Lipinski definition) is 9. The minimum Gasteiger partial charge on any atom is -0.495 e. The molecular weight excluding hydrogens is 629 g/mol. The molecule has 0 fully saturated rings. The van der Waals surface area contributed by atoms with E-state index in [-0.39, 0.29) is 11.4 Å². The number of carbonyl (C=O) groups excluding carboxylic acids is 4. The van der Waals surface area contributed by atoms with Gasteiger partial charge in [0.15, 0.2) is 28.2 Å². The van der Waals surface area contributed by atoms with Gasteiger partial charge in [-0.05, 0) is 25.1 Å². The van der Waals surface area contributed by atoms with Crippen molar-refractivity contribution >= 4 is 45.0 Å². The van der Waals surface area contributed by atoms with Crippen LogP contribution in [0.25, 0.3) is 0 Å². The smallest absolute Gasteiger partial charge is 0.267 e. The van der Waals surface area contributed by atoms with Crippen molar-refractivity contribution in [2.45, 2.75) is 36.9 Å². The van der Waals surface area contributed by atoms with Crippen molar-refractivity contribution in [3.05, 3.63) is 47.3 Å². The summed E-state index contributed by atoms with van der Waals surface area (Å²) in [5, 5.41) is 27.8. The molecule has 3 atom stereocenters. The number of anilines is 2. The van der Waals surface area contributed by atoms with Crippen molar-refractivity contribution in [3.8, 4) is 5.75 Å². The van der Waals surface area contributed by atoms with E-state index < -0.39 is 105 Å². The number of amides is 4. The summed E-state index contributed by atoms with van der Waals surface area (Å²) in [5.41, 5.74) is -0.896. The van der Waals surface area contributed by atoms with Crippen molar-refractivity contribution < 1.29 is 64.5 Å². The lowest BCUT2D eigenvalue weighted by atomic mass is 10.1. The van der Waals surface area contributed by atoms with Gasteiger partial charge in [-0.25, -0.2) is 30.4 Å². The third kappa shape index (κ3) is 8.51. The number of rotatable bonds is 13. The Morgan fingerprint density at radius 1 is 0.932 bits per heavy atom. The Bertz CT molecular complexity index is 1530. The third-order valence-corrected chi connectivity index (χ3v) is 6.93. The van der Waals surface area contributed by atoms with Gasteiger partial charge in [-0.15, -0.1) is 0 Å². The molecule has 0 aliphatic carbocycles. The van der Waals surface area contributed by atoms with E-state index in [1.54, 1.807) is 4.72 Å². The fraction of sp³-hybridized carbons (Fsp3) is 0.333. The first kappa shape index (κ1) is 35.6. The Kier molecular flexibility index (Phi) is 11.9. The molecule has 242 valence electrons. The first-order valence-corrected chi connectivity index (χ1v) is 13.6. The van der Waals surface area contributed by atoms with Crippen LogP contribution in [0.15, 0.2) is 23.1 Å². The highest BCUT2D eigenvalue weighted by Gasteiger charge is 2.34. The van der Waals surface area contributed by atoms with Crippen molar-refractivity contribution in [1.82, 2.24) is 16.0 Å². The molecule has 4 amide bonds. The van der Waals surface area contributed by atoms with Crippen LogP contribution in [0, 0.1) is 29.1 Å². The number of methoxy groups -OCH3 is 1. The van der Waals surface area contributed by atoms with Gasteiger partial charge in [0.25, 0.3) is 10.0 Å². The molecule has 0 aliphatic heterocycles. The number of hydrogen-bond donors (Lipinski definition) is 7. The normalized spacial score (nSPS) is 13.2. The molecule has 7 N–H and O–H groups in total. The number of halogens is 5. The summed E-state index contributed by atoms with van der Waals surface area (Å²) in [5.74, 6) is -16.7. The highest BCUT2D eigenvalue weighted by molar-refractivity contribution is 7.92. The SMILES string of the molecule is COc1ccc(NS(=O)(=O)c2c(F)c(F)c(F)c(F)c2F)cc1NC(=O)[C@@H](NC(=O)CNC(=O)[C@H](CO)NC(C)=O)C(C)O. The number of aliphatic hydroxyl groups is 2. The van der Waals surface area contributed by atoms with Gasteiger partial charge >= 0.3 is 0 Å². The van der Waals surface area contributed by atoms with Crippen LogP contribution in [0.3, 0.4) is 0 Å². The van der Waals surface area contributed by atoms with Gasteiger partial charge in [0, 0.05) is 6.92 Å². The number of aliphatic hydroxyl groups excluding tert-OH is 2. The van der Waals surface area contributed by atoms with E-state index in [1.807, 2.05) is 0 Å². The van der Waals surface area contributed by atoms with Crippen molar-refractivity contribution in [3.63, 3.8) is 0 Å². The van der Waals surface area contributed by atoms with Crippen molar-refractivity contribution in [1.29, 1.82) is 0 Å². The molecule has 0 saturated carbocycles. The van der Waals surface area contributed by atoms with E-state index in [0.29, 0.717) is 0 Å². The van der Waals surface area contributed by atoms with Gasteiger partial charge in [0.05, 0.1) is 37.7 Å². The van der Waals surface area contributed by atoms with Gasteiger partial charge < -0.3 is 36.2 Å². The Balaban J connectivity index is 2.26. The third-order valence-electron chi connectivity index (χ3n) is 5.53. The van der Waals surface area contributed by atoms with Crippen LogP contribution in [-0.2, 0) is 29.2 Å². The van der Waals surface area contributed by atoms with Crippen LogP contribution in [0.4, 0.5) is 33.3 Å². The number of benzene rings is 2. The van der Waals surface area contributed by atoms with Crippen LogP contribution in [-0.4, -0.2) is 80.7 Å². The molecule has 0 heterocycles. The highest BCUT2D eigenvalue weighted by atomic mass is 32.2. The average Bonchev–Trinajstić information content (AvgIpc) is 2.94. The second-order valence-electron chi connectivity index (χ2n) is 8.85. The van der Waals surface area contributed by atoms with E-state index in [9.17, 15) is 59.8 Å². The van der Waals surface area contributed by atoms with E-state index in [2.05, 4.69) is 21.3 Å². The van der Waals surface area contributed by atoms with Crippen LogP contribution in [0.1, 0.15) is 13.8 Å². The summed E-state index contributed by atoms with van der Waals surface area (Å²) in [6.45, 7) is 0.642. The lowest BCUT2D eigenvalue weighted by Gasteiger charge is -2.22. The largest absolute Gasteiger partial charge is 0.495 e. The number of carbonyl (C=O) groups is 4. The van der Waals surface area contributed by atoms with Crippen LogP contribution in [0.2, 0.25) is 0 Å². The summed E-state index contributed by atoms with van der Waals surface area (Å²) < 4.78 is 101. The zero-order valence-corrected chi connectivity index (χ0v) is 23.7. The van der Waals surface area contributed by atoms with Crippen LogP contribution in [0.5, 0.6) is 5.75 Å². The average molecular weight is 656 g/mol. The fourth-order valence-corrected chi connectivity index (χ4v) is 4.66. The van der Waals surface area contributed by atoms with Crippen molar-refractivity contribution in [2.24, 2.45) is 0 Å². The van der Waals surface area contributed by atoms with Gasteiger partial charge in [-0.2, -0.15) is 0 Å². The molecule has 0 aliphatic rings. The van der Waals surface area contributed by atoms with Gasteiger partial charge in [-0.3, -0.25) is 23.9 Å². The molecule has 0 bridgehead atoms. The maximum absolute atomic E-state index is 14.1. The maximum Gasteiger partial charge on any atom is 0.267 e. The molecule has 2 aromatic rings. The topological polar surface area (TPSA) is 212 Å². The first-order valence-electron chi connectivity index (χ1n) is 12.1. The van der Waals surface area contributed by atoms with E-state index in [1.165, 1.54) is 0 Å². The Hall–Kier alpha value is -4.56. The maximum atomic E-state index is 14.1. The van der Waals surface area contributed by atoms with E-state index in [0.717, 1.165) is 39.2 Å². The molecule has 0 saturated heterocycles. The summed E-state index contributed by atoms with van der Waals surface area (Å²) in [7, 11) is -4.32. The number of ether oxygens (including phenoxy) is 1. The molecule has 44 heavy (non-hydrogen) atoms. The van der Waals surface area contributed by atoms with Crippen LogP contribution < -0.4 is 30.7 Å².